The zero-order valence-electron chi connectivity index (χ0n) is 11.0. The minimum absolute atomic E-state index is 0.215. The van der Waals surface area contributed by atoms with Crippen molar-refractivity contribution in [2.24, 2.45) is 5.92 Å². The number of likely N-dealkylation sites (N-methyl/N-ethyl adjacent to an activating group) is 1. The summed E-state index contributed by atoms with van der Waals surface area (Å²) in [6, 6.07) is 0.215. The van der Waals surface area contributed by atoms with Crippen molar-refractivity contribution in [2.45, 2.75) is 45.4 Å². The van der Waals surface area contributed by atoms with Gasteiger partial charge in [-0.05, 0) is 32.2 Å². The lowest BCUT2D eigenvalue weighted by Gasteiger charge is -2.26. The molecular formula is C13H23N3O. The first-order valence-corrected chi connectivity index (χ1v) is 6.59. The molecule has 2 rings (SSSR count). The van der Waals surface area contributed by atoms with Crippen LogP contribution in [0.2, 0.25) is 0 Å². The molecule has 2 unspecified atom stereocenters. The third-order valence-electron chi connectivity index (χ3n) is 3.48. The van der Waals surface area contributed by atoms with E-state index in [4.69, 9.17) is 4.74 Å². The number of hydrogen-bond acceptors (Lipinski definition) is 3. The molecule has 96 valence electrons. The highest BCUT2D eigenvalue weighted by Gasteiger charge is 2.38. The maximum absolute atomic E-state index is 5.70. The van der Waals surface area contributed by atoms with E-state index in [1.54, 1.807) is 0 Å². The van der Waals surface area contributed by atoms with Crippen molar-refractivity contribution in [1.82, 2.24) is 14.9 Å². The molecule has 0 spiro atoms. The van der Waals surface area contributed by atoms with Gasteiger partial charge < -0.3 is 14.6 Å². The molecule has 1 aromatic rings. The zero-order valence-corrected chi connectivity index (χ0v) is 11.0. The molecule has 0 aliphatic heterocycles. The summed E-state index contributed by atoms with van der Waals surface area (Å²) in [6.07, 6.45) is 6.74. The SMILES string of the molecule is CCNC(c1nccn1CC)C(OC)C1CC1. The van der Waals surface area contributed by atoms with Crippen LogP contribution >= 0.6 is 0 Å². The highest BCUT2D eigenvalue weighted by molar-refractivity contribution is 5.05. The van der Waals surface area contributed by atoms with Gasteiger partial charge in [-0.25, -0.2) is 4.98 Å². The van der Waals surface area contributed by atoms with Gasteiger partial charge in [-0.1, -0.05) is 6.92 Å². The molecule has 1 N–H and O–H groups in total. The van der Waals surface area contributed by atoms with E-state index in [0.29, 0.717) is 5.92 Å². The fourth-order valence-electron chi connectivity index (χ4n) is 2.47. The molecule has 1 heterocycles. The molecule has 0 amide bonds. The van der Waals surface area contributed by atoms with E-state index in [9.17, 15) is 0 Å². The van der Waals surface area contributed by atoms with Crippen LogP contribution < -0.4 is 5.32 Å². The monoisotopic (exact) mass is 237 g/mol. The molecule has 4 nitrogen and oxygen atoms in total. The smallest absolute Gasteiger partial charge is 0.128 e. The minimum atomic E-state index is 0.215. The van der Waals surface area contributed by atoms with Gasteiger partial charge in [0.1, 0.15) is 5.82 Å². The second kappa shape index (κ2) is 5.65. The van der Waals surface area contributed by atoms with Gasteiger partial charge in [-0.15, -0.1) is 0 Å². The Bertz CT molecular complexity index is 346. The number of imidazole rings is 1. The average Bonchev–Trinajstić information content (AvgIpc) is 3.06. The molecule has 0 bridgehead atoms. The van der Waals surface area contributed by atoms with Crippen LogP contribution in [0.15, 0.2) is 12.4 Å². The number of nitrogens with zero attached hydrogens (tertiary/aromatic N) is 2. The van der Waals surface area contributed by atoms with Gasteiger partial charge in [0.25, 0.3) is 0 Å². The lowest BCUT2D eigenvalue weighted by atomic mass is 10.1. The van der Waals surface area contributed by atoms with Crippen LogP contribution in [0.1, 0.15) is 38.6 Å². The Morgan fingerprint density at radius 3 is 2.82 bits per heavy atom. The molecule has 1 aliphatic rings. The number of aryl methyl sites for hydroxylation is 1. The topological polar surface area (TPSA) is 39.1 Å². The molecule has 1 aromatic heterocycles. The molecule has 1 saturated carbocycles. The summed E-state index contributed by atoms with van der Waals surface area (Å²) in [5.41, 5.74) is 0. The van der Waals surface area contributed by atoms with Crippen LogP contribution in [0.3, 0.4) is 0 Å². The average molecular weight is 237 g/mol. The maximum atomic E-state index is 5.70. The highest BCUT2D eigenvalue weighted by Crippen LogP contribution is 2.39. The van der Waals surface area contributed by atoms with Crippen molar-refractivity contribution in [2.75, 3.05) is 13.7 Å². The summed E-state index contributed by atoms with van der Waals surface area (Å²) in [7, 11) is 1.81. The Morgan fingerprint density at radius 2 is 2.29 bits per heavy atom. The molecule has 1 aliphatic carbocycles. The molecule has 0 radical (unpaired) electrons. The molecule has 0 saturated heterocycles. The number of hydrogen-bond donors (Lipinski definition) is 1. The Hall–Kier alpha value is -0.870. The van der Waals surface area contributed by atoms with Crippen LogP contribution in [-0.4, -0.2) is 29.3 Å². The van der Waals surface area contributed by atoms with Crippen molar-refractivity contribution in [1.29, 1.82) is 0 Å². The second-order valence-corrected chi connectivity index (χ2v) is 4.64. The van der Waals surface area contributed by atoms with Crippen LogP contribution in [0.25, 0.3) is 0 Å². The lowest BCUT2D eigenvalue weighted by Crippen LogP contribution is -2.36. The van der Waals surface area contributed by atoms with Gasteiger partial charge in [0.2, 0.25) is 0 Å². The third-order valence-corrected chi connectivity index (χ3v) is 3.48. The van der Waals surface area contributed by atoms with Crippen molar-refractivity contribution >= 4 is 0 Å². The van der Waals surface area contributed by atoms with Crippen LogP contribution in [0, 0.1) is 5.92 Å². The Balaban J connectivity index is 2.20. The van der Waals surface area contributed by atoms with Crippen LogP contribution in [0.5, 0.6) is 0 Å². The van der Waals surface area contributed by atoms with Gasteiger partial charge in [-0.3, -0.25) is 0 Å². The van der Waals surface area contributed by atoms with E-state index in [0.717, 1.165) is 18.9 Å². The van der Waals surface area contributed by atoms with Gasteiger partial charge in [0.05, 0.1) is 12.1 Å². The predicted molar refractivity (Wildman–Crippen MR) is 67.8 cm³/mol. The minimum Gasteiger partial charge on any atom is -0.379 e. The Labute approximate surface area is 103 Å². The van der Waals surface area contributed by atoms with Crippen molar-refractivity contribution in [3.05, 3.63) is 18.2 Å². The number of ether oxygens (including phenoxy) is 1. The van der Waals surface area contributed by atoms with E-state index in [1.165, 1.54) is 12.8 Å². The first kappa shape index (κ1) is 12.6. The van der Waals surface area contributed by atoms with Crippen LogP contribution in [-0.2, 0) is 11.3 Å². The second-order valence-electron chi connectivity index (χ2n) is 4.64. The van der Waals surface area contributed by atoms with Gasteiger partial charge in [0.15, 0.2) is 0 Å². The summed E-state index contributed by atoms with van der Waals surface area (Å²) in [6.45, 7) is 6.17. The predicted octanol–water partition coefficient (Wildman–Crippen LogP) is 1.98. The van der Waals surface area contributed by atoms with Crippen molar-refractivity contribution in [3.63, 3.8) is 0 Å². The normalized spacial score (nSPS) is 19.2. The maximum Gasteiger partial charge on any atom is 0.128 e. The lowest BCUT2D eigenvalue weighted by molar-refractivity contribution is 0.0475. The molecule has 0 aromatic carbocycles. The number of methoxy groups -OCH3 is 1. The Morgan fingerprint density at radius 1 is 1.53 bits per heavy atom. The third kappa shape index (κ3) is 2.69. The van der Waals surface area contributed by atoms with Crippen molar-refractivity contribution < 1.29 is 4.74 Å². The molecule has 2 atom stereocenters. The molecule has 17 heavy (non-hydrogen) atoms. The van der Waals surface area contributed by atoms with Gasteiger partial charge >= 0.3 is 0 Å². The number of aromatic nitrogens is 2. The summed E-state index contributed by atoms with van der Waals surface area (Å²) < 4.78 is 7.89. The zero-order chi connectivity index (χ0) is 12.3. The van der Waals surface area contributed by atoms with E-state index < -0.39 is 0 Å². The van der Waals surface area contributed by atoms with Crippen molar-refractivity contribution in [3.8, 4) is 0 Å². The summed E-state index contributed by atoms with van der Waals surface area (Å²) in [4.78, 5) is 4.51. The Kier molecular flexibility index (Phi) is 4.18. The number of nitrogens with one attached hydrogen (secondary N) is 1. The number of rotatable bonds is 7. The summed E-state index contributed by atoms with van der Waals surface area (Å²) in [5, 5.41) is 3.52. The molecule has 1 fully saturated rings. The quantitative estimate of drug-likeness (QED) is 0.788. The largest absolute Gasteiger partial charge is 0.379 e. The van der Waals surface area contributed by atoms with E-state index in [2.05, 4.69) is 28.7 Å². The summed E-state index contributed by atoms with van der Waals surface area (Å²) in [5.74, 6) is 1.80. The van der Waals surface area contributed by atoms with E-state index in [-0.39, 0.29) is 12.1 Å². The first-order chi connectivity index (χ1) is 8.31. The summed E-state index contributed by atoms with van der Waals surface area (Å²) >= 11 is 0. The van der Waals surface area contributed by atoms with E-state index >= 15 is 0 Å². The van der Waals surface area contributed by atoms with Crippen LogP contribution in [0.4, 0.5) is 0 Å². The van der Waals surface area contributed by atoms with E-state index in [1.807, 2.05) is 19.5 Å². The first-order valence-electron chi connectivity index (χ1n) is 6.59. The molecular weight excluding hydrogens is 214 g/mol. The fraction of sp³-hybridized carbons (Fsp3) is 0.769. The van der Waals surface area contributed by atoms with Gasteiger partial charge in [-0.2, -0.15) is 0 Å². The van der Waals surface area contributed by atoms with Gasteiger partial charge in [0, 0.05) is 26.0 Å². The molecule has 4 heteroatoms. The standard InChI is InChI=1S/C13H23N3O/c1-4-14-11(12(17-3)10-6-7-10)13-15-8-9-16(13)5-2/h8-12,14H,4-7H2,1-3H3. The highest BCUT2D eigenvalue weighted by atomic mass is 16.5. The fourth-order valence-corrected chi connectivity index (χ4v) is 2.47.